The van der Waals surface area contributed by atoms with Crippen molar-refractivity contribution in [1.82, 2.24) is 19.9 Å². The Bertz CT molecular complexity index is 1860. The maximum Gasteiger partial charge on any atom is 0.490 e. The molecule has 0 atom stereocenters. The minimum atomic E-state index is -5.08. The minimum absolute atomic E-state index is 0.0219. The number of halogens is 3. The smallest absolute Gasteiger partial charge is 0.490 e. The van der Waals surface area contributed by atoms with Gasteiger partial charge >= 0.3 is 18.2 Å². The average Bonchev–Trinajstić information content (AvgIpc) is 3.44. The molecule has 47 heavy (non-hydrogen) atoms. The van der Waals surface area contributed by atoms with Gasteiger partial charge in [0.1, 0.15) is 11.3 Å². The molecule has 2 aromatic heterocycles. The zero-order chi connectivity index (χ0) is 34.1. The van der Waals surface area contributed by atoms with E-state index in [1.165, 1.54) is 0 Å². The number of benzene rings is 3. The minimum Gasteiger partial charge on any atom is -0.497 e. The summed E-state index contributed by atoms with van der Waals surface area (Å²) in [7, 11) is 1.65. The Kier molecular flexibility index (Phi) is 10.8. The summed E-state index contributed by atoms with van der Waals surface area (Å²) < 4.78 is 39.0. The number of methoxy groups -OCH3 is 1. The monoisotopic (exact) mass is 648 g/mol. The van der Waals surface area contributed by atoms with Crippen molar-refractivity contribution in [3.63, 3.8) is 0 Å². The van der Waals surface area contributed by atoms with Crippen LogP contribution in [-0.2, 0) is 11.3 Å². The van der Waals surface area contributed by atoms with Crippen LogP contribution in [0.4, 0.5) is 29.3 Å². The standard InChI is InChI=1S/C31H30N6O3.C2HF3O2/c1-20(2)34-30(38)23-5-4-6-25(17-23)36-31(39)35-24-11-9-22(10-12-24)27-15-16-32-29-28(27)33-19-37(29)18-21-7-13-26(40-3)14-8-21;3-2(4,5)1(6)7/h4-17,19-20H,18H2,1-3H3,(H,34,38)(H2,35,36,39);(H,6,7). The van der Waals surface area contributed by atoms with Crippen molar-refractivity contribution >= 4 is 40.4 Å². The van der Waals surface area contributed by atoms with Gasteiger partial charge in [0.25, 0.3) is 5.91 Å². The van der Waals surface area contributed by atoms with E-state index in [1.54, 1.807) is 43.9 Å². The van der Waals surface area contributed by atoms with E-state index in [0.717, 1.165) is 33.6 Å². The molecule has 0 unspecified atom stereocenters. The number of fused-ring (bicyclic) bond motifs is 1. The van der Waals surface area contributed by atoms with Crippen LogP contribution in [0.15, 0.2) is 91.4 Å². The molecule has 5 aromatic rings. The first-order valence-corrected chi connectivity index (χ1v) is 14.2. The Labute approximate surface area is 267 Å². The highest BCUT2D eigenvalue weighted by Crippen LogP contribution is 2.28. The van der Waals surface area contributed by atoms with Crippen LogP contribution in [0.2, 0.25) is 0 Å². The number of nitrogens with one attached hydrogen (secondary N) is 3. The maximum atomic E-state index is 12.6. The summed E-state index contributed by atoms with van der Waals surface area (Å²) in [5, 5.41) is 15.6. The Morgan fingerprint density at radius 3 is 2.19 bits per heavy atom. The van der Waals surface area contributed by atoms with Gasteiger partial charge in [0, 0.05) is 34.7 Å². The van der Waals surface area contributed by atoms with E-state index < -0.39 is 18.2 Å². The molecule has 0 aliphatic rings. The number of carboxylic acids is 1. The number of amides is 3. The second kappa shape index (κ2) is 14.9. The van der Waals surface area contributed by atoms with Crippen LogP contribution in [-0.4, -0.2) is 56.9 Å². The van der Waals surface area contributed by atoms with Gasteiger partial charge in [-0.2, -0.15) is 13.2 Å². The van der Waals surface area contributed by atoms with Gasteiger partial charge < -0.3 is 30.4 Å². The van der Waals surface area contributed by atoms with Crippen LogP contribution in [0.1, 0.15) is 29.8 Å². The summed E-state index contributed by atoms with van der Waals surface area (Å²) in [5.41, 5.74) is 6.25. The number of carbonyl (C=O) groups excluding carboxylic acids is 2. The van der Waals surface area contributed by atoms with Crippen LogP contribution < -0.4 is 20.7 Å². The van der Waals surface area contributed by atoms with Crippen molar-refractivity contribution in [1.29, 1.82) is 0 Å². The number of aromatic nitrogens is 3. The van der Waals surface area contributed by atoms with Crippen LogP contribution in [0, 0.1) is 0 Å². The average molecular weight is 649 g/mol. The molecule has 0 aliphatic heterocycles. The Morgan fingerprint density at radius 1 is 0.915 bits per heavy atom. The molecule has 4 N–H and O–H groups in total. The molecule has 0 radical (unpaired) electrons. The summed E-state index contributed by atoms with van der Waals surface area (Å²) in [6, 6.07) is 23.8. The van der Waals surface area contributed by atoms with Gasteiger partial charge in [-0.15, -0.1) is 0 Å². The second-order valence-corrected chi connectivity index (χ2v) is 10.4. The number of pyridine rings is 1. The number of ether oxygens (including phenoxy) is 1. The topological polar surface area (TPSA) is 147 Å². The lowest BCUT2D eigenvalue weighted by molar-refractivity contribution is -0.192. The highest BCUT2D eigenvalue weighted by atomic mass is 19.4. The number of rotatable bonds is 8. The van der Waals surface area contributed by atoms with Crippen LogP contribution in [0.25, 0.3) is 22.3 Å². The van der Waals surface area contributed by atoms with Crippen molar-refractivity contribution in [3.05, 3.63) is 103 Å². The first kappa shape index (κ1) is 34.0. The number of anilines is 2. The fourth-order valence-corrected chi connectivity index (χ4v) is 4.35. The number of urea groups is 1. The maximum absolute atomic E-state index is 12.6. The first-order valence-electron chi connectivity index (χ1n) is 14.2. The predicted octanol–water partition coefficient (Wildman–Crippen LogP) is 6.57. The third-order valence-corrected chi connectivity index (χ3v) is 6.51. The first-order chi connectivity index (χ1) is 22.3. The van der Waals surface area contributed by atoms with Gasteiger partial charge in [-0.25, -0.2) is 19.6 Å². The van der Waals surface area contributed by atoms with Crippen molar-refractivity contribution < 1.29 is 37.4 Å². The molecule has 0 saturated carbocycles. The number of nitrogens with zero attached hydrogens (tertiary/aromatic N) is 3. The fraction of sp³-hybridized carbons (Fsp3) is 0.182. The number of imidazole rings is 1. The number of alkyl halides is 3. The predicted molar refractivity (Wildman–Crippen MR) is 170 cm³/mol. The zero-order valence-electron chi connectivity index (χ0n) is 25.5. The molecule has 0 bridgehead atoms. The van der Waals surface area contributed by atoms with Gasteiger partial charge in [-0.3, -0.25) is 4.79 Å². The molecule has 0 saturated heterocycles. The summed E-state index contributed by atoms with van der Waals surface area (Å²) in [6.45, 7) is 4.43. The molecule has 0 fully saturated rings. The van der Waals surface area contributed by atoms with Crippen LogP contribution >= 0.6 is 0 Å². The number of carbonyl (C=O) groups is 3. The number of aliphatic carboxylic acids is 1. The number of carboxylic acid groups (broad SMARTS) is 1. The molecule has 244 valence electrons. The van der Waals surface area contributed by atoms with Gasteiger partial charge in [-0.1, -0.05) is 30.3 Å². The summed E-state index contributed by atoms with van der Waals surface area (Å²) in [4.78, 5) is 43.0. The summed E-state index contributed by atoms with van der Waals surface area (Å²) >= 11 is 0. The molecule has 11 nitrogen and oxygen atoms in total. The van der Waals surface area contributed by atoms with Gasteiger partial charge in [0.2, 0.25) is 0 Å². The molecule has 2 heterocycles. The van der Waals surface area contributed by atoms with Crippen molar-refractivity contribution in [2.75, 3.05) is 17.7 Å². The van der Waals surface area contributed by atoms with Crippen molar-refractivity contribution in [3.8, 4) is 16.9 Å². The van der Waals surface area contributed by atoms with Crippen molar-refractivity contribution in [2.45, 2.75) is 32.6 Å². The van der Waals surface area contributed by atoms with E-state index in [1.807, 2.05) is 73.0 Å². The largest absolute Gasteiger partial charge is 0.497 e. The molecule has 3 aromatic carbocycles. The summed E-state index contributed by atoms with van der Waals surface area (Å²) in [6.07, 6.45) is -1.51. The van der Waals surface area contributed by atoms with Gasteiger partial charge in [0.05, 0.1) is 20.0 Å². The fourth-order valence-electron chi connectivity index (χ4n) is 4.35. The molecule has 0 aliphatic carbocycles. The van der Waals surface area contributed by atoms with Gasteiger partial charge in [-0.05, 0) is 73.5 Å². The molecule has 5 rings (SSSR count). The summed E-state index contributed by atoms with van der Waals surface area (Å²) in [5.74, 6) is -2.13. The highest BCUT2D eigenvalue weighted by molar-refractivity contribution is 6.01. The third kappa shape index (κ3) is 9.29. The lowest BCUT2D eigenvalue weighted by atomic mass is 10.1. The van der Waals surface area contributed by atoms with E-state index in [9.17, 15) is 22.8 Å². The van der Waals surface area contributed by atoms with E-state index >= 15 is 0 Å². The molecular formula is C33H31F3N6O5. The molecule has 0 spiro atoms. The normalized spacial score (nSPS) is 11.0. The van der Waals surface area contributed by atoms with E-state index in [0.29, 0.717) is 23.5 Å². The molecule has 14 heteroatoms. The van der Waals surface area contributed by atoms with E-state index in [4.69, 9.17) is 14.6 Å². The number of hydrogen-bond acceptors (Lipinski definition) is 6. The second-order valence-electron chi connectivity index (χ2n) is 10.4. The molecule has 3 amide bonds. The Balaban J connectivity index is 0.000000644. The zero-order valence-corrected chi connectivity index (χ0v) is 25.5. The molecular weight excluding hydrogens is 617 g/mol. The van der Waals surface area contributed by atoms with E-state index in [-0.39, 0.29) is 11.9 Å². The third-order valence-electron chi connectivity index (χ3n) is 6.51. The number of hydrogen-bond donors (Lipinski definition) is 4. The van der Waals surface area contributed by atoms with Crippen molar-refractivity contribution in [2.24, 2.45) is 0 Å². The Hall–Kier alpha value is -5.92. The van der Waals surface area contributed by atoms with Gasteiger partial charge in [0.15, 0.2) is 5.65 Å². The lowest BCUT2D eigenvalue weighted by Gasteiger charge is -2.11. The quantitative estimate of drug-likeness (QED) is 0.149. The van der Waals surface area contributed by atoms with E-state index in [2.05, 4.69) is 25.9 Å². The van der Waals surface area contributed by atoms with Crippen LogP contribution in [0.5, 0.6) is 5.75 Å². The Morgan fingerprint density at radius 2 is 1.57 bits per heavy atom. The lowest BCUT2D eigenvalue weighted by Crippen LogP contribution is -2.30. The van der Waals surface area contributed by atoms with Crippen LogP contribution in [0.3, 0.4) is 0 Å². The SMILES string of the molecule is COc1ccc(Cn2cnc3c(-c4ccc(NC(=O)Nc5cccc(C(=O)NC(C)C)c5)cc4)ccnc32)cc1.O=C(O)C(F)(F)F. The highest BCUT2D eigenvalue weighted by Gasteiger charge is 2.38.